The molecule has 1 fully saturated rings. The molecule has 27 heavy (non-hydrogen) atoms. The van der Waals surface area contributed by atoms with Gasteiger partial charge in [0.2, 0.25) is 0 Å². The molecule has 1 N–H and O–H groups in total. The fourth-order valence-electron chi connectivity index (χ4n) is 3.93. The molecule has 0 bridgehead atoms. The van der Waals surface area contributed by atoms with E-state index in [0.717, 1.165) is 57.9 Å². The van der Waals surface area contributed by atoms with E-state index in [9.17, 15) is 0 Å². The molecule has 6 nitrogen and oxygen atoms in total. The zero-order valence-electron chi connectivity index (χ0n) is 15.5. The van der Waals surface area contributed by atoms with Crippen LogP contribution in [0.5, 0.6) is 5.75 Å². The maximum absolute atomic E-state index is 6.34. The van der Waals surface area contributed by atoms with Crippen LogP contribution >= 0.6 is 11.6 Å². The largest absolute Gasteiger partial charge is 0.488 e. The summed E-state index contributed by atoms with van der Waals surface area (Å²) in [7, 11) is 0. The number of nitrogens with one attached hydrogen (secondary N) is 1. The Labute approximate surface area is 165 Å². The van der Waals surface area contributed by atoms with Crippen LogP contribution in [0.4, 0.5) is 0 Å². The summed E-state index contributed by atoms with van der Waals surface area (Å²) in [4.78, 5) is 2.49. The number of piperidine rings is 1. The Kier molecular flexibility index (Phi) is 5.76. The Morgan fingerprint density at radius 2 is 2.11 bits per heavy atom. The second-order valence-corrected chi connectivity index (χ2v) is 7.62. The van der Waals surface area contributed by atoms with Crippen LogP contribution in [0.15, 0.2) is 30.9 Å². The van der Waals surface area contributed by atoms with Crippen molar-refractivity contribution in [3.05, 3.63) is 53.1 Å². The molecule has 1 aromatic heterocycles. The number of aromatic nitrogens is 3. The number of likely N-dealkylation sites (tertiary alicyclic amines) is 1. The highest BCUT2D eigenvalue weighted by Gasteiger charge is 2.27. The molecule has 144 valence electrons. The molecule has 0 amide bonds. The lowest BCUT2D eigenvalue weighted by Crippen LogP contribution is -2.34. The van der Waals surface area contributed by atoms with Gasteiger partial charge in [0.15, 0.2) is 0 Å². The van der Waals surface area contributed by atoms with Gasteiger partial charge in [0, 0.05) is 25.6 Å². The van der Waals surface area contributed by atoms with Crippen molar-refractivity contribution < 1.29 is 4.74 Å². The van der Waals surface area contributed by atoms with Gasteiger partial charge in [0.1, 0.15) is 24.0 Å². The zero-order chi connectivity index (χ0) is 18.6. The highest BCUT2D eigenvalue weighted by atomic mass is 35.5. The molecule has 2 aliphatic rings. The number of halogens is 1. The summed E-state index contributed by atoms with van der Waals surface area (Å²) >= 11 is 6.34. The Hall–Kier alpha value is -1.89. The number of fused-ring (bicyclic) bond motifs is 1. The molecular weight excluding hydrogens is 362 g/mol. The summed E-state index contributed by atoms with van der Waals surface area (Å²) < 4.78 is 7.87. The van der Waals surface area contributed by atoms with Gasteiger partial charge >= 0.3 is 0 Å². The maximum Gasteiger partial charge on any atom is 0.147 e. The van der Waals surface area contributed by atoms with Gasteiger partial charge in [-0.05, 0) is 43.6 Å². The second kappa shape index (κ2) is 8.42. The smallest absolute Gasteiger partial charge is 0.147 e. The number of hydrogen-bond acceptors (Lipinski definition) is 5. The van der Waals surface area contributed by atoms with E-state index in [0.29, 0.717) is 23.3 Å². The van der Waals surface area contributed by atoms with E-state index in [1.54, 1.807) is 6.08 Å². The maximum atomic E-state index is 6.34. The molecule has 0 spiro atoms. The average Bonchev–Trinajstić information content (AvgIpc) is 3.12. The number of benzene rings is 1. The monoisotopic (exact) mass is 387 g/mol. The molecule has 2 aromatic rings. The highest BCUT2D eigenvalue weighted by Crippen LogP contribution is 2.30. The van der Waals surface area contributed by atoms with Gasteiger partial charge in [-0.2, -0.15) is 0 Å². The van der Waals surface area contributed by atoms with Crippen molar-refractivity contribution >= 4 is 11.6 Å². The zero-order valence-corrected chi connectivity index (χ0v) is 16.3. The van der Waals surface area contributed by atoms with Gasteiger partial charge in [-0.3, -0.25) is 4.90 Å². The number of rotatable bonds is 6. The van der Waals surface area contributed by atoms with Gasteiger partial charge in [0.25, 0.3) is 0 Å². The van der Waals surface area contributed by atoms with Crippen molar-refractivity contribution in [1.29, 1.82) is 0 Å². The fraction of sp³-hybridized carbons (Fsp3) is 0.500. The molecule has 1 saturated heterocycles. The Morgan fingerprint density at radius 1 is 1.26 bits per heavy atom. The SMILES string of the molecule is C=CCOc1ccc(CN2CCC(c3nnc4n3CCNC4)CC2)cc1Cl. The third-order valence-corrected chi connectivity index (χ3v) is 5.66. The Morgan fingerprint density at radius 3 is 2.89 bits per heavy atom. The molecule has 0 radical (unpaired) electrons. The minimum atomic E-state index is 0.467. The van der Waals surface area contributed by atoms with Crippen molar-refractivity contribution in [1.82, 2.24) is 25.0 Å². The summed E-state index contributed by atoms with van der Waals surface area (Å²) in [6.45, 7) is 9.99. The average molecular weight is 388 g/mol. The molecule has 0 saturated carbocycles. The lowest BCUT2D eigenvalue weighted by atomic mass is 9.95. The molecule has 7 heteroatoms. The molecule has 0 aliphatic carbocycles. The summed E-state index contributed by atoms with van der Waals surface area (Å²) in [6.07, 6.45) is 3.97. The first-order valence-corrected chi connectivity index (χ1v) is 9.99. The molecule has 0 atom stereocenters. The van der Waals surface area contributed by atoms with Crippen LogP contribution < -0.4 is 10.1 Å². The van der Waals surface area contributed by atoms with E-state index in [4.69, 9.17) is 16.3 Å². The van der Waals surface area contributed by atoms with E-state index in [-0.39, 0.29) is 0 Å². The third-order valence-electron chi connectivity index (χ3n) is 5.36. The van der Waals surface area contributed by atoms with Crippen molar-refractivity contribution in [2.45, 2.75) is 38.4 Å². The predicted molar refractivity (Wildman–Crippen MR) is 106 cm³/mol. The van der Waals surface area contributed by atoms with Crippen LogP contribution in [0.3, 0.4) is 0 Å². The minimum absolute atomic E-state index is 0.467. The van der Waals surface area contributed by atoms with Crippen LogP contribution in [0.2, 0.25) is 5.02 Å². The van der Waals surface area contributed by atoms with E-state index in [2.05, 4.69) is 37.6 Å². The minimum Gasteiger partial charge on any atom is -0.488 e. The molecule has 1 aromatic carbocycles. The van der Waals surface area contributed by atoms with Crippen molar-refractivity contribution in [3.63, 3.8) is 0 Å². The van der Waals surface area contributed by atoms with Crippen LogP contribution in [0.25, 0.3) is 0 Å². The van der Waals surface area contributed by atoms with Crippen molar-refractivity contribution in [2.24, 2.45) is 0 Å². The molecular formula is C20H26ClN5O. The number of nitrogens with zero attached hydrogens (tertiary/aromatic N) is 4. The Balaban J connectivity index is 1.34. The molecule has 0 unspecified atom stereocenters. The van der Waals surface area contributed by atoms with Crippen LogP contribution in [0.1, 0.15) is 36.0 Å². The fourth-order valence-corrected chi connectivity index (χ4v) is 4.19. The summed E-state index contributed by atoms with van der Waals surface area (Å²) in [5, 5.41) is 12.9. The van der Waals surface area contributed by atoms with Crippen molar-refractivity contribution in [2.75, 3.05) is 26.2 Å². The van der Waals surface area contributed by atoms with Crippen LogP contribution in [0, 0.1) is 0 Å². The quantitative estimate of drug-likeness (QED) is 0.772. The van der Waals surface area contributed by atoms with E-state index in [1.165, 1.54) is 11.4 Å². The summed E-state index contributed by atoms with van der Waals surface area (Å²) in [5.41, 5.74) is 1.22. The Bertz CT molecular complexity index is 798. The number of ether oxygens (including phenoxy) is 1. The molecule has 3 heterocycles. The third kappa shape index (κ3) is 4.18. The normalized spacial score (nSPS) is 18.3. The highest BCUT2D eigenvalue weighted by molar-refractivity contribution is 6.32. The van der Waals surface area contributed by atoms with Crippen molar-refractivity contribution in [3.8, 4) is 5.75 Å². The van der Waals surface area contributed by atoms with Gasteiger partial charge in [-0.1, -0.05) is 30.3 Å². The van der Waals surface area contributed by atoms with Crippen LogP contribution in [-0.2, 0) is 19.6 Å². The van der Waals surface area contributed by atoms with Gasteiger partial charge in [-0.15, -0.1) is 10.2 Å². The van der Waals surface area contributed by atoms with Gasteiger partial charge in [-0.25, -0.2) is 0 Å². The first-order valence-electron chi connectivity index (χ1n) is 9.62. The van der Waals surface area contributed by atoms with Crippen LogP contribution in [-0.4, -0.2) is 45.9 Å². The lowest BCUT2D eigenvalue weighted by Gasteiger charge is -2.32. The molecule has 4 rings (SSSR count). The summed E-state index contributed by atoms with van der Waals surface area (Å²) in [6, 6.07) is 6.05. The van der Waals surface area contributed by atoms with Gasteiger partial charge in [0.05, 0.1) is 11.6 Å². The lowest BCUT2D eigenvalue weighted by molar-refractivity contribution is 0.199. The summed E-state index contributed by atoms with van der Waals surface area (Å²) in [5.74, 6) is 3.48. The van der Waals surface area contributed by atoms with E-state index < -0.39 is 0 Å². The van der Waals surface area contributed by atoms with Gasteiger partial charge < -0.3 is 14.6 Å². The topological polar surface area (TPSA) is 55.2 Å². The van der Waals surface area contributed by atoms with E-state index in [1.807, 2.05) is 12.1 Å². The predicted octanol–water partition coefficient (Wildman–Crippen LogP) is 2.98. The first kappa shape index (κ1) is 18.5. The first-order chi connectivity index (χ1) is 13.2. The second-order valence-electron chi connectivity index (χ2n) is 7.22. The standard InChI is InChI=1S/C20H26ClN5O/c1-2-11-27-18-4-3-15(12-17(18)21)14-25-8-5-16(6-9-25)20-24-23-19-13-22-7-10-26(19)20/h2-4,12,16,22H,1,5-11,13-14H2. The molecule has 2 aliphatic heterocycles. The van der Waals surface area contributed by atoms with E-state index >= 15 is 0 Å². The number of hydrogen-bond donors (Lipinski definition) is 1.